The van der Waals surface area contributed by atoms with Gasteiger partial charge in [0.15, 0.2) is 0 Å². The van der Waals surface area contributed by atoms with Gasteiger partial charge in [-0.2, -0.15) is 0 Å². The van der Waals surface area contributed by atoms with E-state index >= 15 is 0 Å². The average molecular weight is 333 g/mol. The fourth-order valence-electron chi connectivity index (χ4n) is 2.74. The minimum Gasteiger partial charge on any atom is -0.497 e. The molecular formula is C18H21ClN2O2. The third kappa shape index (κ3) is 3.96. The van der Waals surface area contributed by atoms with Gasteiger partial charge >= 0.3 is 0 Å². The highest BCUT2D eigenvalue weighted by atomic mass is 35.5. The minimum atomic E-state index is -0.0173. The van der Waals surface area contributed by atoms with Crippen LogP contribution in [0.4, 0.5) is 5.69 Å². The molecule has 3 rings (SSSR count). The maximum atomic E-state index is 12.4. The minimum absolute atomic E-state index is 0. The summed E-state index contributed by atoms with van der Waals surface area (Å²) in [6.07, 6.45) is 2.02. The summed E-state index contributed by atoms with van der Waals surface area (Å²) in [5.74, 6) is 0.801. The van der Waals surface area contributed by atoms with Crippen molar-refractivity contribution in [2.45, 2.75) is 19.4 Å². The summed E-state index contributed by atoms with van der Waals surface area (Å²) in [6, 6.07) is 13.6. The van der Waals surface area contributed by atoms with Gasteiger partial charge in [0.2, 0.25) is 0 Å². The van der Waals surface area contributed by atoms with Crippen molar-refractivity contribution in [3.05, 3.63) is 59.2 Å². The van der Waals surface area contributed by atoms with Crippen LogP contribution in [-0.4, -0.2) is 19.6 Å². The van der Waals surface area contributed by atoms with Gasteiger partial charge in [0, 0.05) is 24.3 Å². The van der Waals surface area contributed by atoms with Crippen molar-refractivity contribution in [3.63, 3.8) is 0 Å². The Morgan fingerprint density at radius 1 is 1.22 bits per heavy atom. The quantitative estimate of drug-likeness (QED) is 0.902. The molecule has 2 N–H and O–H groups in total. The molecule has 0 aliphatic carbocycles. The van der Waals surface area contributed by atoms with Crippen molar-refractivity contribution < 1.29 is 9.53 Å². The number of anilines is 1. The Kier molecular flexibility index (Phi) is 5.88. The second kappa shape index (κ2) is 7.88. The molecule has 1 aliphatic rings. The molecule has 0 unspecified atom stereocenters. The number of ether oxygens (including phenoxy) is 1. The van der Waals surface area contributed by atoms with Gasteiger partial charge in [-0.3, -0.25) is 4.79 Å². The standard InChI is InChI=1S/C18H20N2O2.ClH/c1-22-14-9-7-13(8-10-14)12-20-18(21)16-4-2-6-17-15(16)5-3-11-19-17;/h2,4,6-10,19H,3,5,11-12H2,1H3,(H,20,21);1H. The predicted octanol–water partition coefficient (Wildman–Crippen LogP) is 3.41. The van der Waals surface area contributed by atoms with Crippen molar-refractivity contribution in [2.24, 2.45) is 0 Å². The molecule has 23 heavy (non-hydrogen) atoms. The topological polar surface area (TPSA) is 50.4 Å². The molecule has 0 aromatic heterocycles. The lowest BCUT2D eigenvalue weighted by molar-refractivity contribution is 0.0950. The molecule has 0 spiro atoms. The van der Waals surface area contributed by atoms with Crippen LogP contribution in [0, 0.1) is 0 Å². The molecule has 0 saturated carbocycles. The first-order chi connectivity index (χ1) is 10.8. The zero-order chi connectivity index (χ0) is 15.4. The molecule has 0 saturated heterocycles. The van der Waals surface area contributed by atoms with Crippen molar-refractivity contribution in [1.29, 1.82) is 0 Å². The van der Waals surface area contributed by atoms with Gasteiger partial charge < -0.3 is 15.4 Å². The van der Waals surface area contributed by atoms with E-state index in [2.05, 4.69) is 10.6 Å². The third-order valence-corrected chi connectivity index (χ3v) is 3.95. The highest BCUT2D eigenvalue weighted by Crippen LogP contribution is 2.25. The lowest BCUT2D eigenvalue weighted by Gasteiger charge is -2.20. The van der Waals surface area contributed by atoms with Crippen LogP contribution in [0.1, 0.15) is 27.9 Å². The van der Waals surface area contributed by atoms with Crippen LogP contribution in [0.3, 0.4) is 0 Å². The van der Waals surface area contributed by atoms with Gasteiger partial charge in [0.25, 0.3) is 5.91 Å². The fourth-order valence-corrected chi connectivity index (χ4v) is 2.74. The number of fused-ring (bicyclic) bond motifs is 1. The second-order valence-corrected chi connectivity index (χ2v) is 5.39. The average Bonchev–Trinajstić information content (AvgIpc) is 2.59. The number of carbonyl (C=O) groups excluding carboxylic acids is 1. The summed E-state index contributed by atoms with van der Waals surface area (Å²) in [5, 5.41) is 6.35. The Labute approximate surface area is 142 Å². The molecule has 0 bridgehead atoms. The Balaban J connectivity index is 0.00000192. The van der Waals surface area contributed by atoms with Crippen LogP contribution in [0.25, 0.3) is 0 Å². The zero-order valence-corrected chi connectivity index (χ0v) is 13.9. The van der Waals surface area contributed by atoms with E-state index in [4.69, 9.17) is 4.74 Å². The normalized spacial score (nSPS) is 12.4. The Morgan fingerprint density at radius 2 is 2.00 bits per heavy atom. The molecule has 1 heterocycles. The van der Waals surface area contributed by atoms with Crippen molar-refractivity contribution in [1.82, 2.24) is 5.32 Å². The van der Waals surface area contributed by atoms with Gasteiger partial charge in [0.05, 0.1) is 7.11 Å². The van der Waals surface area contributed by atoms with E-state index in [0.29, 0.717) is 6.54 Å². The van der Waals surface area contributed by atoms with Gasteiger partial charge in [-0.15, -0.1) is 12.4 Å². The van der Waals surface area contributed by atoms with E-state index in [9.17, 15) is 4.79 Å². The van der Waals surface area contributed by atoms with Crippen molar-refractivity contribution in [2.75, 3.05) is 19.0 Å². The van der Waals surface area contributed by atoms with E-state index < -0.39 is 0 Å². The van der Waals surface area contributed by atoms with Crippen molar-refractivity contribution >= 4 is 24.0 Å². The number of hydrogen-bond donors (Lipinski definition) is 2. The number of halogens is 1. The zero-order valence-electron chi connectivity index (χ0n) is 13.1. The molecular weight excluding hydrogens is 312 g/mol. The highest BCUT2D eigenvalue weighted by Gasteiger charge is 2.16. The lowest BCUT2D eigenvalue weighted by Crippen LogP contribution is -2.25. The molecule has 1 aliphatic heterocycles. The Hall–Kier alpha value is -2.20. The number of amides is 1. The monoisotopic (exact) mass is 332 g/mol. The van der Waals surface area contributed by atoms with Crippen LogP contribution >= 0.6 is 12.4 Å². The summed E-state index contributed by atoms with van der Waals surface area (Å²) >= 11 is 0. The molecule has 2 aromatic carbocycles. The first kappa shape index (κ1) is 17.2. The molecule has 5 heteroatoms. The van der Waals surface area contributed by atoms with Gasteiger partial charge in [-0.25, -0.2) is 0 Å². The number of benzene rings is 2. The fraction of sp³-hybridized carbons (Fsp3) is 0.278. The SMILES string of the molecule is COc1ccc(CNC(=O)c2cccc3c2CCCN3)cc1.Cl. The first-order valence-corrected chi connectivity index (χ1v) is 7.55. The third-order valence-electron chi connectivity index (χ3n) is 3.95. The smallest absolute Gasteiger partial charge is 0.251 e. The molecule has 122 valence electrons. The Morgan fingerprint density at radius 3 is 2.74 bits per heavy atom. The molecule has 2 aromatic rings. The van der Waals surface area contributed by atoms with Crippen LogP contribution in [-0.2, 0) is 13.0 Å². The first-order valence-electron chi connectivity index (χ1n) is 7.55. The van der Waals surface area contributed by atoms with Crippen LogP contribution in [0.15, 0.2) is 42.5 Å². The highest BCUT2D eigenvalue weighted by molar-refractivity contribution is 5.97. The van der Waals surface area contributed by atoms with Gasteiger partial charge in [-0.1, -0.05) is 18.2 Å². The molecule has 0 fully saturated rings. The number of carbonyl (C=O) groups is 1. The molecule has 1 amide bonds. The second-order valence-electron chi connectivity index (χ2n) is 5.39. The molecule has 4 nitrogen and oxygen atoms in total. The van der Waals surface area contributed by atoms with E-state index in [1.807, 2.05) is 42.5 Å². The predicted molar refractivity (Wildman–Crippen MR) is 94.7 cm³/mol. The van der Waals surface area contributed by atoms with E-state index in [1.165, 1.54) is 0 Å². The number of methoxy groups -OCH3 is 1. The number of rotatable bonds is 4. The largest absolute Gasteiger partial charge is 0.497 e. The summed E-state index contributed by atoms with van der Waals surface area (Å²) in [7, 11) is 1.64. The maximum Gasteiger partial charge on any atom is 0.251 e. The number of hydrogen-bond acceptors (Lipinski definition) is 3. The lowest BCUT2D eigenvalue weighted by atomic mass is 9.97. The number of nitrogens with one attached hydrogen (secondary N) is 2. The van der Waals surface area contributed by atoms with Gasteiger partial charge in [-0.05, 0) is 48.2 Å². The van der Waals surface area contributed by atoms with E-state index in [0.717, 1.165) is 47.5 Å². The Bertz CT molecular complexity index is 671. The van der Waals surface area contributed by atoms with E-state index in [-0.39, 0.29) is 18.3 Å². The van der Waals surface area contributed by atoms with Crippen LogP contribution in [0.5, 0.6) is 5.75 Å². The summed E-state index contributed by atoms with van der Waals surface area (Å²) < 4.78 is 5.13. The molecule has 0 radical (unpaired) electrons. The van der Waals surface area contributed by atoms with Crippen LogP contribution < -0.4 is 15.4 Å². The summed E-state index contributed by atoms with van der Waals surface area (Å²) in [6.45, 7) is 1.49. The van der Waals surface area contributed by atoms with Crippen LogP contribution in [0.2, 0.25) is 0 Å². The maximum absolute atomic E-state index is 12.4. The summed E-state index contributed by atoms with van der Waals surface area (Å²) in [4.78, 5) is 12.4. The molecule has 0 atom stereocenters. The van der Waals surface area contributed by atoms with E-state index in [1.54, 1.807) is 7.11 Å². The van der Waals surface area contributed by atoms with Gasteiger partial charge in [0.1, 0.15) is 5.75 Å². The van der Waals surface area contributed by atoms with Crippen molar-refractivity contribution in [3.8, 4) is 5.75 Å². The summed E-state index contributed by atoms with van der Waals surface area (Å²) in [5.41, 5.74) is 4.04.